The summed E-state index contributed by atoms with van der Waals surface area (Å²) in [5.41, 5.74) is 2.32. The quantitative estimate of drug-likeness (QED) is 0.719. The summed E-state index contributed by atoms with van der Waals surface area (Å²) in [6.07, 6.45) is 6.47. The maximum atomic E-state index is 5.79. The molecule has 1 heterocycles. The maximum Gasteiger partial charge on any atom is 0.174 e. The highest BCUT2D eigenvalue weighted by atomic mass is 17.2. The van der Waals surface area contributed by atoms with Crippen molar-refractivity contribution in [2.24, 2.45) is 5.92 Å². The number of hydrogen-bond acceptors (Lipinski definition) is 3. The van der Waals surface area contributed by atoms with Gasteiger partial charge >= 0.3 is 0 Å². The molecule has 1 saturated carbocycles. The molecule has 1 aliphatic carbocycles. The van der Waals surface area contributed by atoms with Crippen molar-refractivity contribution in [3.63, 3.8) is 0 Å². The van der Waals surface area contributed by atoms with Gasteiger partial charge in [-0.15, -0.1) is 0 Å². The van der Waals surface area contributed by atoms with Crippen molar-refractivity contribution in [3.05, 3.63) is 71.8 Å². The van der Waals surface area contributed by atoms with Crippen LogP contribution in [-0.4, -0.2) is 11.4 Å². The lowest BCUT2D eigenvalue weighted by Gasteiger charge is -2.31. The summed E-state index contributed by atoms with van der Waals surface area (Å²) in [4.78, 5) is 14.0. The zero-order chi connectivity index (χ0) is 16.2. The molecule has 0 bridgehead atoms. The molecular formula is C21H25NO2. The highest BCUT2D eigenvalue weighted by molar-refractivity contribution is 5.21. The standard InChI is InChI=1S/C21H25NO2/c1-4-10-17(11-5-1)16-22-20(18-12-6-2-7-13-18)23-24-21(22)19-14-8-3-9-15-19/h2-3,6-9,12-15,17,20-21H,1,4-5,10-11,16H2/t20-,21+. The van der Waals surface area contributed by atoms with Gasteiger partial charge in [-0.1, -0.05) is 79.9 Å². The molecule has 2 fully saturated rings. The van der Waals surface area contributed by atoms with Crippen molar-refractivity contribution in [3.8, 4) is 0 Å². The number of hydrogen-bond donors (Lipinski definition) is 0. The minimum absolute atomic E-state index is 0.127. The predicted octanol–water partition coefficient (Wildman–Crippen LogP) is 5.23. The summed E-state index contributed by atoms with van der Waals surface area (Å²) in [6, 6.07) is 20.8. The van der Waals surface area contributed by atoms with Gasteiger partial charge in [0.2, 0.25) is 0 Å². The summed E-state index contributed by atoms with van der Waals surface area (Å²) in [6.45, 7) is 1.03. The second kappa shape index (κ2) is 7.47. The van der Waals surface area contributed by atoms with Crippen LogP contribution in [0, 0.1) is 5.92 Å². The van der Waals surface area contributed by atoms with E-state index in [-0.39, 0.29) is 12.5 Å². The average molecular weight is 323 g/mol. The van der Waals surface area contributed by atoms with Crippen molar-refractivity contribution in [1.82, 2.24) is 4.90 Å². The summed E-state index contributed by atoms with van der Waals surface area (Å²) in [5.74, 6) is 0.737. The van der Waals surface area contributed by atoms with Gasteiger partial charge in [0.1, 0.15) is 0 Å². The SMILES string of the molecule is c1ccc([C@H]2OO[C@@H](c3ccccc3)N2CC2CCCCC2)cc1. The molecule has 3 nitrogen and oxygen atoms in total. The molecule has 2 aromatic rings. The fourth-order valence-electron chi connectivity index (χ4n) is 3.93. The molecule has 1 aliphatic heterocycles. The largest absolute Gasteiger partial charge is 0.239 e. The fraction of sp³-hybridized carbons (Fsp3) is 0.429. The fourth-order valence-corrected chi connectivity index (χ4v) is 3.93. The van der Waals surface area contributed by atoms with E-state index in [1.165, 1.54) is 32.1 Å². The smallest absolute Gasteiger partial charge is 0.174 e. The summed E-state index contributed by atoms with van der Waals surface area (Å²) >= 11 is 0. The minimum Gasteiger partial charge on any atom is -0.239 e. The molecule has 24 heavy (non-hydrogen) atoms. The molecule has 126 valence electrons. The van der Waals surface area contributed by atoms with Crippen LogP contribution in [0.4, 0.5) is 0 Å². The molecule has 2 atom stereocenters. The molecular weight excluding hydrogens is 298 g/mol. The molecule has 3 heteroatoms. The Labute approximate surface area is 144 Å². The third-order valence-corrected chi connectivity index (χ3v) is 5.20. The van der Waals surface area contributed by atoms with Crippen LogP contribution in [0.1, 0.15) is 55.7 Å². The molecule has 4 rings (SSSR count). The van der Waals surface area contributed by atoms with E-state index in [9.17, 15) is 0 Å². The van der Waals surface area contributed by atoms with Gasteiger partial charge < -0.3 is 0 Å². The van der Waals surface area contributed by atoms with Gasteiger partial charge in [0.15, 0.2) is 12.5 Å². The zero-order valence-corrected chi connectivity index (χ0v) is 14.0. The van der Waals surface area contributed by atoms with Gasteiger partial charge in [0.25, 0.3) is 0 Å². The summed E-state index contributed by atoms with van der Waals surface area (Å²) in [5, 5.41) is 0. The number of nitrogens with zero attached hydrogens (tertiary/aromatic N) is 1. The minimum atomic E-state index is -0.127. The zero-order valence-electron chi connectivity index (χ0n) is 14.0. The first-order valence-electron chi connectivity index (χ1n) is 9.09. The van der Waals surface area contributed by atoms with Gasteiger partial charge in [0.05, 0.1) is 0 Å². The van der Waals surface area contributed by atoms with E-state index in [1.54, 1.807) is 0 Å². The molecule has 0 N–H and O–H groups in total. The molecule has 1 saturated heterocycles. The van der Waals surface area contributed by atoms with Crippen LogP contribution >= 0.6 is 0 Å². The first-order chi connectivity index (χ1) is 11.9. The first-order valence-corrected chi connectivity index (χ1v) is 9.09. The van der Waals surface area contributed by atoms with Crippen molar-refractivity contribution in [2.75, 3.05) is 6.54 Å². The summed E-state index contributed by atoms with van der Waals surface area (Å²) < 4.78 is 0. The van der Waals surface area contributed by atoms with E-state index >= 15 is 0 Å². The molecule has 2 aliphatic rings. The highest BCUT2D eigenvalue weighted by Crippen LogP contribution is 2.41. The normalized spacial score (nSPS) is 25.8. The van der Waals surface area contributed by atoms with Crippen molar-refractivity contribution in [1.29, 1.82) is 0 Å². The lowest BCUT2D eigenvalue weighted by atomic mass is 9.88. The first kappa shape index (κ1) is 15.8. The highest BCUT2D eigenvalue weighted by Gasteiger charge is 2.39. The van der Waals surface area contributed by atoms with Gasteiger partial charge in [-0.25, -0.2) is 14.7 Å². The van der Waals surface area contributed by atoms with Gasteiger partial charge in [-0.2, -0.15) is 0 Å². The van der Waals surface area contributed by atoms with Crippen LogP contribution in [0.2, 0.25) is 0 Å². The Hall–Kier alpha value is -1.68. The third-order valence-electron chi connectivity index (χ3n) is 5.20. The van der Waals surface area contributed by atoms with Crippen molar-refractivity contribution < 1.29 is 9.78 Å². The third kappa shape index (κ3) is 3.39. The molecule has 0 aromatic heterocycles. The molecule has 0 spiro atoms. The van der Waals surface area contributed by atoms with Crippen LogP contribution in [-0.2, 0) is 9.78 Å². The predicted molar refractivity (Wildman–Crippen MR) is 93.8 cm³/mol. The monoisotopic (exact) mass is 323 g/mol. The van der Waals surface area contributed by atoms with Gasteiger partial charge in [0, 0.05) is 6.54 Å². The van der Waals surface area contributed by atoms with Crippen LogP contribution < -0.4 is 0 Å². The van der Waals surface area contributed by atoms with Crippen LogP contribution in [0.3, 0.4) is 0 Å². The molecule has 0 unspecified atom stereocenters. The van der Waals surface area contributed by atoms with E-state index in [2.05, 4.69) is 53.4 Å². The Kier molecular flexibility index (Phi) is 4.93. The average Bonchev–Trinajstić information content (AvgIpc) is 3.07. The van der Waals surface area contributed by atoms with E-state index < -0.39 is 0 Å². The Morgan fingerprint density at radius 1 is 0.708 bits per heavy atom. The second-order valence-corrected chi connectivity index (χ2v) is 6.92. The topological polar surface area (TPSA) is 21.7 Å². The molecule has 0 radical (unpaired) electrons. The lowest BCUT2D eigenvalue weighted by Crippen LogP contribution is -2.33. The Bertz CT molecular complexity index is 577. The lowest BCUT2D eigenvalue weighted by molar-refractivity contribution is -0.300. The number of benzene rings is 2. The van der Waals surface area contributed by atoms with Crippen LogP contribution in [0.5, 0.6) is 0 Å². The maximum absolute atomic E-state index is 5.79. The van der Waals surface area contributed by atoms with E-state index in [1.807, 2.05) is 12.1 Å². The summed E-state index contributed by atoms with van der Waals surface area (Å²) in [7, 11) is 0. The molecule has 2 aromatic carbocycles. The van der Waals surface area contributed by atoms with E-state index in [0.717, 1.165) is 23.6 Å². The Balaban J connectivity index is 1.59. The van der Waals surface area contributed by atoms with Crippen LogP contribution in [0.15, 0.2) is 60.7 Å². The Morgan fingerprint density at radius 2 is 1.21 bits per heavy atom. The van der Waals surface area contributed by atoms with Crippen LogP contribution in [0.25, 0.3) is 0 Å². The van der Waals surface area contributed by atoms with Gasteiger partial charge in [-0.05, 0) is 29.9 Å². The molecule has 0 amide bonds. The van der Waals surface area contributed by atoms with Crippen molar-refractivity contribution in [2.45, 2.75) is 44.6 Å². The number of rotatable bonds is 4. The van der Waals surface area contributed by atoms with E-state index in [0.29, 0.717) is 0 Å². The van der Waals surface area contributed by atoms with E-state index in [4.69, 9.17) is 9.78 Å². The second-order valence-electron chi connectivity index (χ2n) is 6.92. The van der Waals surface area contributed by atoms with Crippen molar-refractivity contribution >= 4 is 0 Å². The van der Waals surface area contributed by atoms with Gasteiger partial charge in [-0.3, -0.25) is 0 Å². The Morgan fingerprint density at radius 3 is 1.71 bits per heavy atom.